The Balaban J connectivity index is 1.68. The molecule has 2 aliphatic rings. The molecule has 0 heterocycles. The van der Waals surface area contributed by atoms with E-state index in [1.165, 1.54) is 38.5 Å². The Morgan fingerprint density at radius 1 is 0.833 bits per heavy atom. The summed E-state index contributed by atoms with van der Waals surface area (Å²) in [7, 11) is 0. The number of aliphatic hydroxyl groups is 1. The third kappa shape index (κ3) is 4.08. The molecule has 2 rings (SSSR count). The quantitative estimate of drug-likeness (QED) is 0.743. The lowest BCUT2D eigenvalue weighted by atomic mass is 9.70. The van der Waals surface area contributed by atoms with Gasteiger partial charge < -0.3 is 5.11 Å². The van der Waals surface area contributed by atoms with Crippen LogP contribution in [-0.4, -0.2) is 17.9 Å². The van der Waals surface area contributed by atoms with Crippen molar-refractivity contribution >= 4 is 0 Å². The van der Waals surface area contributed by atoms with Crippen LogP contribution >= 0.6 is 0 Å². The summed E-state index contributed by atoms with van der Waals surface area (Å²) in [6.07, 6.45) is 14.6. The topological polar surface area (TPSA) is 20.2 Å². The Kier molecular flexibility index (Phi) is 5.68. The van der Waals surface area contributed by atoms with Crippen molar-refractivity contribution in [3.63, 3.8) is 0 Å². The Labute approximate surface area is 110 Å². The minimum atomic E-state index is -0.320. The third-order valence-electron chi connectivity index (χ3n) is 5.02. The number of hydrogen-bond acceptors (Lipinski definition) is 1. The van der Waals surface area contributed by atoms with Gasteiger partial charge in [0.1, 0.15) is 6.67 Å². The van der Waals surface area contributed by atoms with Gasteiger partial charge in [0, 0.05) is 0 Å². The minimum absolute atomic E-state index is 0.0246. The van der Waals surface area contributed by atoms with E-state index >= 15 is 0 Å². The molecule has 2 fully saturated rings. The van der Waals surface area contributed by atoms with Crippen LogP contribution in [0.25, 0.3) is 0 Å². The molecule has 0 aromatic carbocycles. The lowest BCUT2D eigenvalue weighted by molar-refractivity contribution is 0.0772. The van der Waals surface area contributed by atoms with Crippen molar-refractivity contribution < 1.29 is 9.50 Å². The number of hydrogen-bond donors (Lipinski definition) is 1. The molecule has 18 heavy (non-hydrogen) atoms. The van der Waals surface area contributed by atoms with Gasteiger partial charge in [-0.05, 0) is 75.5 Å². The molecule has 0 unspecified atom stereocenters. The summed E-state index contributed by atoms with van der Waals surface area (Å²) in [6.45, 7) is -0.320. The first kappa shape index (κ1) is 14.0. The predicted molar refractivity (Wildman–Crippen MR) is 73.1 cm³/mol. The minimum Gasteiger partial charge on any atom is -0.393 e. The molecule has 0 aromatic rings. The van der Waals surface area contributed by atoms with Gasteiger partial charge in [-0.3, -0.25) is 0 Å². The van der Waals surface area contributed by atoms with Gasteiger partial charge in [0.25, 0.3) is 0 Å². The summed E-state index contributed by atoms with van der Waals surface area (Å²) in [5.74, 6) is 2.56. The Morgan fingerprint density at radius 2 is 1.39 bits per heavy atom. The number of halogens is 1. The molecule has 0 saturated heterocycles. The van der Waals surface area contributed by atoms with Crippen molar-refractivity contribution in [2.75, 3.05) is 6.67 Å². The normalized spacial score (nSPS) is 38.1. The molecule has 1 N–H and O–H groups in total. The molecule has 0 amide bonds. The molecule has 0 bridgehead atoms. The van der Waals surface area contributed by atoms with Crippen molar-refractivity contribution in [1.82, 2.24) is 0 Å². The summed E-state index contributed by atoms with van der Waals surface area (Å²) in [5.41, 5.74) is 0. The fourth-order valence-corrected chi connectivity index (χ4v) is 3.82. The fourth-order valence-electron chi connectivity index (χ4n) is 3.82. The van der Waals surface area contributed by atoms with Crippen LogP contribution in [0.3, 0.4) is 0 Å². The highest BCUT2D eigenvalue weighted by molar-refractivity contribution is 4.87. The molecule has 0 atom stereocenters. The zero-order chi connectivity index (χ0) is 12.8. The number of alkyl halides is 1. The molecule has 0 spiro atoms. The van der Waals surface area contributed by atoms with E-state index in [2.05, 4.69) is 0 Å². The van der Waals surface area contributed by atoms with Gasteiger partial charge in [0.05, 0.1) is 6.10 Å². The second-order valence-electron chi connectivity index (χ2n) is 6.21. The first-order valence-electron chi connectivity index (χ1n) is 7.68. The molecule has 2 aliphatic carbocycles. The molecule has 2 saturated carbocycles. The number of aliphatic hydroxyl groups excluding tert-OH is 1. The summed E-state index contributed by atoms with van der Waals surface area (Å²) in [5, 5.41) is 9.55. The van der Waals surface area contributed by atoms with Crippen LogP contribution in [0, 0.1) is 17.8 Å². The molecule has 104 valence electrons. The van der Waals surface area contributed by atoms with Crippen molar-refractivity contribution in [2.24, 2.45) is 17.8 Å². The van der Waals surface area contributed by atoms with Crippen LogP contribution in [0.5, 0.6) is 0 Å². The maximum atomic E-state index is 12.0. The van der Waals surface area contributed by atoms with E-state index in [9.17, 15) is 9.50 Å². The first-order valence-corrected chi connectivity index (χ1v) is 7.68. The van der Waals surface area contributed by atoms with Crippen LogP contribution in [0.15, 0.2) is 12.2 Å². The maximum Gasteiger partial charge on any atom is 0.108 e. The lowest BCUT2D eigenvalue weighted by Gasteiger charge is -2.36. The van der Waals surface area contributed by atoms with Gasteiger partial charge in [0.2, 0.25) is 0 Å². The molecular weight excluding hydrogens is 227 g/mol. The van der Waals surface area contributed by atoms with E-state index in [0.29, 0.717) is 0 Å². The van der Waals surface area contributed by atoms with E-state index in [1.54, 1.807) is 6.08 Å². The van der Waals surface area contributed by atoms with Gasteiger partial charge in [-0.15, -0.1) is 0 Å². The Bertz CT molecular complexity index is 248. The molecule has 0 radical (unpaired) electrons. The van der Waals surface area contributed by atoms with Gasteiger partial charge in [-0.2, -0.15) is 0 Å². The fraction of sp³-hybridized carbons (Fsp3) is 0.875. The maximum absolute atomic E-state index is 12.0. The monoisotopic (exact) mass is 254 g/mol. The summed E-state index contributed by atoms with van der Waals surface area (Å²) in [4.78, 5) is 0. The highest BCUT2D eigenvalue weighted by atomic mass is 19.1. The second-order valence-corrected chi connectivity index (χ2v) is 6.21. The number of rotatable bonds is 4. The summed E-state index contributed by atoms with van der Waals surface area (Å²) < 4.78 is 12.0. The van der Waals surface area contributed by atoms with Gasteiger partial charge in [0.15, 0.2) is 0 Å². The lowest BCUT2D eigenvalue weighted by Crippen LogP contribution is -2.27. The molecule has 0 aliphatic heterocycles. The van der Waals surface area contributed by atoms with Gasteiger partial charge >= 0.3 is 0 Å². The molecule has 2 heteroatoms. The van der Waals surface area contributed by atoms with Crippen molar-refractivity contribution in [2.45, 2.75) is 63.9 Å². The van der Waals surface area contributed by atoms with Gasteiger partial charge in [-0.25, -0.2) is 4.39 Å². The van der Waals surface area contributed by atoms with Crippen LogP contribution < -0.4 is 0 Å². The summed E-state index contributed by atoms with van der Waals surface area (Å²) in [6, 6.07) is 0. The molecular formula is C16H27FO. The van der Waals surface area contributed by atoms with Crippen molar-refractivity contribution in [3.05, 3.63) is 12.2 Å². The highest BCUT2D eigenvalue weighted by Crippen LogP contribution is 2.40. The SMILES string of the molecule is OC1CCC(C2CCC(CC=CCF)CC2)CC1. The van der Waals surface area contributed by atoms with Crippen molar-refractivity contribution in [1.29, 1.82) is 0 Å². The first-order chi connectivity index (χ1) is 8.79. The van der Waals surface area contributed by atoms with Gasteiger partial charge in [-0.1, -0.05) is 12.2 Å². The Morgan fingerprint density at radius 3 is 1.94 bits per heavy atom. The highest BCUT2D eigenvalue weighted by Gasteiger charge is 2.29. The molecule has 1 nitrogen and oxygen atoms in total. The van der Waals surface area contributed by atoms with E-state index in [1.807, 2.05) is 6.08 Å². The van der Waals surface area contributed by atoms with Crippen LogP contribution in [0.4, 0.5) is 4.39 Å². The standard InChI is InChI=1S/C16H27FO/c17-12-2-1-3-13-4-6-14(7-5-13)15-8-10-16(18)11-9-15/h1-2,13-16,18H,3-12H2. The molecule has 0 aromatic heterocycles. The largest absolute Gasteiger partial charge is 0.393 e. The second kappa shape index (κ2) is 7.28. The van der Waals surface area contributed by atoms with Crippen LogP contribution in [-0.2, 0) is 0 Å². The predicted octanol–water partition coefficient (Wildman–Crippen LogP) is 4.26. The smallest absolute Gasteiger partial charge is 0.108 e. The Hall–Kier alpha value is -0.370. The zero-order valence-corrected chi connectivity index (χ0v) is 11.4. The van der Waals surface area contributed by atoms with E-state index < -0.39 is 0 Å². The van der Waals surface area contributed by atoms with E-state index in [-0.39, 0.29) is 12.8 Å². The average Bonchev–Trinajstić information content (AvgIpc) is 2.41. The van der Waals surface area contributed by atoms with Crippen molar-refractivity contribution in [3.8, 4) is 0 Å². The van der Waals surface area contributed by atoms with Crippen LogP contribution in [0.1, 0.15) is 57.8 Å². The number of allylic oxidation sites excluding steroid dienone is 2. The third-order valence-corrected chi connectivity index (χ3v) is 5.02. The van der Waals surface area contributed by atoms with E-state index in [0.717, 1.165) is 37.0 Å². The zero-order valence-electron chi connectivity index (χ0n) is 11.4. The summed E-state index contributed by atoms with van der Waals surface area (Å²) >= 11 is 0. The van der Waals surface area contributed by atoms with Crippen LogP contribution in [0.2, 0.25) is 0 Å². The van der Waals surface area contributed by atoms with E-state index in [4.69, 9.17) is 0 Å². The average molecular weight is 254 g/mol.